The van der Waals surface area contributed by atoms with Gasteiger partial charge < -0.3 is 19.4 Å². The second-order valence-electron chi connectivity index (χ2n) is 6.66. The van der Waals surface area contributed by atoms with Gasteiger partial charge in [0.25, 0.3) is 11.5 Å². The lowest BCUT2D eigenvalue weighted by molar-refractivity contribution is 0.102. The number of carbonyl (C=O) groups is 1. The summed E-state index contributed by atoms with van der Waals surface area (Å²) in [7, 11) is 0. The highest BCUT2D eigenvalue weighted by Crippen LogP contribution is 2.32. The molecule has 1 aromatic heterocycles. The molecule has 2 aromatic carbocycles. The van der Waals surface area contributed by atoms with Gasteiger partial charge in [0.05, 0.1) is 6.54 Å². The Bertz CT molecular complexity index is 1090. The minimum atomic E-state index is -0.458. The predicted octanol–water partition coefficient (Wildman–Crippen LogP) is 3.23. The summed E-state index contributed by atoms with van der Waals surface area (Å²) >= 11 is 0. The first-order valence-corrected chi connectivity index (χ1v) is 9.06. The number of fused-ring (bicyclic) bond motifs is 1. The van der Waals surface area contributed by atoms with Crippen LogP contribution in [0.4, 0.5) is 5.69 Å². The summed E-state index contributed by atoms with van der Waals surface area (Å²) in [6, 6.07) is 16.3. The van der Waals surface area contributed by atoms with Gasteiger partial charge in [0.1, 0.15) is 18.8 Å². The molecule has 0 radical (unpaired) electrons. The Balaban J connectivity index is 1.55. The minimum Gasteiger partial charge on any atom is -0.486 e. The third-order valence-electron chi connectivity index (χ3n) is 4.50. The first-order chi connectivity index (χ1) is 13.6. The van der Waals surface area contributed by atoms with Crippen molar-refractivity contribution in [3.63, 3.8) is 0 Å². The Morgan fingerprint density at radius 1 is 1.04 bits per heavy atom. The molecule has 0 bridgehead atoms. The Labute approximate surface area is 162 Å². The Hall–Kier alpha value is -3.54. The molecule has 0 fully saturated rings. The lowest BCUT2D eigenvalue weighted by Crippen LogP contribution is -2.29. The number of hydrogen-bond donors (Lipinski definition) is 1. The molecule has 142 valence electrons. The molecular weight excluding hydrogens is 356 g/mol. The van der Waals surface area contributed by atoms with Crippen LogP contribution in [0.15, 0.2) is 65.6 Å². The number of rotatable bonds is 4. The third-order valence-corrected chi connectivity index (χ3v) is 4.50. The predicted molar refractivity (Wildman–Crippen MR) is 106 cm³/mol. The maximum Gasteiger partial charge on any atom is 0.263 e. The van der Waals surface area contributed by atoms with Crippen LogP contribution in [-0.4, -0.2) is 23.7 Å². The summed E-state index contributed by atoms with van der Waals surface area (Å²) in [5.41, 5.74) is 2.43. The fourth-order valence-corrected chi connectivity index (χ4v) is 3.16. The zero-order chi connectivity index (χ0) is 19.5. The normalized spacial score (nSPS) is 12.5. The van der Waals surface area contributed by atoms with E-state index in [0.29, 0.717) is 36.9 Å². The number of nitrogens with one attached hydrogen (secondary N) is 1. The molecule has 0 saturated heterocycles. The molecule has 2 heterocycles. The van der Waals surface area contributed by atoms with Crippen molar-refractivity contribution >= 4 is 11.6 Å². The number of nitrogens with zero attached hydrogens (tertiary/aromatic N) is 1. The van der Waals surface area contributed by atoms with E-state index in [0.717, 1.165) is 11.1 Å². The van der Waals surface area contributed by atoms with Crippen LogP contribution in [0.5, 0.6) is 11.5 Å². The zero-order valence-corrected chi connectivity index (χ0v) is 15.5. The number of amides is 1. The highest BCUT2D eigenvalue weighted by atomic mass is 16.6. The van der Waals surface area contributed by atoms with Crippen molar-refractivity contribution in [2.75, 3.05) is 18.5 Å². The molecular formula is C22H20N2O4. The molecule has 4 rings (SSSR count). The van der Waals surface area contributed by atoms with Gasteiger partial charge in [-0.3, -0.25) is 9.59 Å². The van der Waals surface area contributed by atoms with E-state index in [2.05, 4.69) is 5.32 Å². The maximum atomic E-state index is 12.8. The van der Waals surface area contributed by atoms with E-state index in [9.17, 15) is 9.59 Å². The highest BCUT2D eigenvalue weighted by molar-refractivity contribution is 6.04. The fraction of sp³-hybridized carbons (Fsp3) is 0.182. The molecule has 0 unspecified atom stereocenters. The summed E-state index contributed by atoms with van der Waals surface area (Å²) in [6.45, 7) is 3.38. The number of hydrogen-bond acceptors (Lipinski definition) is 4. The lowest BCUT2D eigenvalue weighted by atomic mass is 10.1. The Morgan fingerprint density at radius 2 is 1.86 bits per heavy atom. The smallest absolute Gasteiger partial charge is 0.263 e. The average molecular weight is 376 g/mol. The van der Waals surface area contributed by atoms with Gasteiger partial charge in [-0.05, 0) is 36.8 Å². The van der Waals surface area contributed by atoms with Crippen LogP contribution in [0.1, 0.15) is 21.5 Å². The molecule has 28 heavy (non-hydrogen) atoms. The number of aromatic nitrogens is 1. The lowest BCUT2D eigenvalue weighted by Gasteiger charge is -2.19. The van der Waals surface area contributed by atoms with E-state index >= 15 is 0 Å². The van der Waals surface area contributed by atoms with Gasteiger partial charge in [0.15, 0.2) is 11.5 Å². The zero-order valence-electron chi connectivity index (χ0n) is 15.5. The topological polar surface area (TPSA) is 69.6 Å². The Kier molecular flexibility index (Phi) is 4.85. The monoisotopic (exact) mass is 376 g/mol. The van der Waals surface area contributed by atoms with Crippen molar-refractivity contribution < 1.29 is 14.3 Å². The summed E-state index contributed by atoms with van der Waals surface area (Å²) < 4.78 is 12.5. The molecule has 3 aromatic rings. The number of benzene rings is 2. The van der Waals surface area contributed by atoms with Crippen LogP contribution < -0.4 is 20.3 Å². The molecule has 6 nitrogen and oxygen atoms in total. The van der Waals surface area contributed by atoms with E-state index in [1.165, 1.54) is 10.6 Å². The molecule has 1 aliphatic rings. The maximum absolute atomic E-state index is 12.8. The van der Waals surface area contributed by atoms with Crippen molar-refractivity contribution in [1.29, 1.82) is 0 Å². The SMILES string of the molecule is Cc1cccc(Cn2cccc(C(=O)Nc3ccc4c(c3)OCCO4)c2=O)c1. The number of carbonyl (C=O) groups excluding carboxylic acids is 1. The molecule has 0 saturated carbocycles. The van der Waals surface area contributed by atoms with Gasteiger partial charge in [0.2, 0.25) is 0 Å². The van der Waals surface area contributed by atoms with Crippen LogP contribution in [0.25, 0.3) is 0 Å². The van der Waals surface area contributed by atoms with Crippen molar-refractivity contribution in [2.24, 2.45) is 0 Å². The van der Waals surface area contributed by atoms with Crippen molar-refractivity contribution in [1.82, 2.24) is 4.57 Å². The summed E-state index contributed by atoms with van der Waals surface area (Å²) in [6.07, 6.45) is 1.69. The standard InChI is InChI=1S/C22H20N2O4/c1-15-4-2-5-16(12-15)14-24-9-3-6-18(22(24)26)21(25)23-17-7-8-19-20(13-17)28-11-10-27-19/h2-9,12-13H,10-11,14H2,1H3,(H,23,25). The number of anilines is 1. The quantitative estimate of drug-likeness (QED) is 0.759. The minimum absolute atomic E-state index is 0.0880. The third kappa shape index (κ3) is 3.76. The van der Waals surface area contributed by atoms with Gasteiger partial charge in [-0.15, -0.1) is 0 Å². The first kappa shape index (κ1) is 17.9. The summed E-state index contributed by atoms with van der Waals surface area (Å²) in [5.74, 6) is 0.763. The summed E-state index contributed by atoms with van der Waals surface area (Å²) in [5, 5.41) is 2.76. The molecule has 0 aliphatic carbocycles. The first-order valence-electron chi connectivity index (χ1n) is 9.06. The van der Waals surface area contributed by atoms with E-state index in [1.54, 1.807) is 30.5 Å². The summed E-state index contributed by atoms with van der Waals surface area (Å²) in [4.78, 5) is 25.4. The van der Waals surface area contributed by atoms with Gasteiger partial charge in [-0.25, -0.2) is 0 Å². The van der Waals surface area contributed by atoms with Crippen LogP contribution >= 0.6 is 0 Å². The number of aryl methyl sites for hydroxylation is 1. The van der Waals surface area contributed by atoms with Crippen LogP contribution in [0.3, 0.4) is 0 Å². The number of ether oxygens (including phenoxy) is 2. The second kappa shape index (κ2) is 7.60. The van der Waals surface area contributed by atoms with Gasteiger partial charge in [-0.2, -0.15) is 0 Å². The van der Waals surface area contributed by atoms with Crippen molar-refractivity contribution in [3.05, 3.63) is 87.8 Å². The average Bonchev–Trinajstić information content (AvgIpc) is 2.69. The van der Waals surface area contributed by atoms with E-state index < -0.39 is 5.91 Å². The molecule has 1 aliphatic heterocycles. The molecule has 1 amide bonds. The van der Waals surface area contributed by atoms with Gasteiger partial charge in [-0.1, -0.05) is 29.8 Å². The molecule has 0 spiro atoms. The van der Waals surface area contributed by atoms with Crippen molar-refractivity contribution in [2.45, 2.75) is 13.5 Å². The highest BCUT2D eigenvalue weighted by Gasteiger charge is 2.16. The Morgan fingerprint density at radius 3 is 2.68 bits per heavy atom. The van der Waals surface area contributed by atoms with Crippen molar-refractivity contribution in [3.8, 4) is 11.5 Å². The van der Waals surface area contributed by atoms with E-state index in [4.69, 9.17) is 9.47 Å². The largest absolute Gasteiger partial charge is 0.486 e. The molecule has 6 heteroatoms. The van der Waals surface area contributed by atoms with E-state index in [-0.39, 0.29) is 11.1 Å². The number of pyridine rings is 1. The molecule has 1 N–H and O–H groups in total. The van der Waals surface area contributed by atoms with Crippen LogP contribution in [-0.2, 0) is 6.54 Å². The van der Waals surface area contributed by atoms with Gasteiger partial charge >= 0.3 is 0 Å². The van der Waals surface area contributed by atoms with Crippen LogP contribution in [0.2, 0.25) is 0 Å². The molecule has 0 atom stereocenters. The van der Waals surface area contributed by atoms with E-state index in [1.807, 2.05) is 31.2 Å². The fourth-order valence-electron chi connectivity index (χ4n) is 3.16. The second-order valence-corrected chi connectivity index (χ2v) is 6.66. The van der Waals surface area contributed by atoms with Gasteiger partial charge in [0, 0.05) is 18.0 Å². The van der Waals surface area contributed by atoms with Crippen LogP contribution in [0, 0.1) is 6.92 Å².